The summed E-state index contributed by atoms with van der Waals surface area (Å²) in [4.78, 5) is 25.4. The highest BCUT2D eigenvalue weighted by Gasteiger charge is 2.96. The Morgan fingerprint density at radius 1 is 1.38 bits per heavy atom. The van der Waals surface area contributed by atoms with Gasteiger partial charge in [0.05, 0.1) is 5.92 Å². The van der Waals surface area contributed by atoms with E-state index in [1.807, 2.05) is 20.8 Å². The molecule has 0 amide bonds. The van der Waals surface area contributed by atoms with E-state index in [9.17, 15) is 14.7 Å². The van der Waals surface area contributed by atoms with E-state index >= 15 is 0 Å². The standard InChI is InChI=1S/C25H32O7/c1-7-11(2)19(26)29-18-13(4)10-23-21-22(6,31-21)17-15(25(18,23)32-23)12(3)8-9-24(28)16(17)14(5)20(27)30-24/h11,13,15,17-18,21,28H,3,7-10H2,1-2,4-6H3. The van der Waals surface area contributed by atoms with E-state index in [4.69, 9.17) is 18.9 Å². The van der Waals surface area contributed by atoms with Crippen LogP contribution in [0.25, 0.3) is 0 Å². The molecule has 0 aromatic heterocycles. The molecule has 3 saturated carbocycles. The average Bonchev–Trinajstić information content (AvgIpc) is 3.58. The fraction of sp³-hybridized carbons (Fsp3) is 0.760. The van der Waals surface area contributed by atoms with Crippen LogP contribution in [0.15, 0.2) is 23.3 Å². The lowest BCUT2D eigenvalue weighted by atomic mass is 9.58. The van der Waals surface area contributed by atoms with E-state index < -0.39 is 34.7 Å². The third kappa shape index (κ3) is 2.10. The van der Waals surface area contributed by atoms with Crippen LogP contribution < -0.4 is 0 Å². The summed E-state index contributed by atoms with van der Waals surface area (Å²) in [6, 6.07) is 0. The molecule has 174 valence electrons. The molecule has 3 aliphatic heterocycles. The summed E-state index contributed by atoms with van der Waals surface area (Å²) in [5.41, 5.74) is 0.113. The van der Waals surface area contributed by atoms with Crippen LogP contribution in [-0.4, -0.2) is 51.8 Å². The lowest BCUT2D eigenvalue weighted by Gasteiger charge is -2.42. The molecule has 0 aromatic carbocycles. The first-order valence-electron chi connectivity index (χ1n) is 11.9. The maximum Gasteiger partial charge on any atom is 0.336 e. The first-order chi connectivity index (χ1) is 15.0. The molecule has 3 aliphatic carbocycles. The van der Waals surface area contributed by atoms with Crippen LogP contribution in [0.3, 0.4) is 0 Å². The second-order valence-electron chi connectivity index (χ2n) is 11.1. The van der Waals surface area contributed by atoms with Gasteiger partial charge in [0.2, 0.25) is 5.79 Å². The Balaban J connectivity index is 1.50. The van der Waals surface area contributed by atoms with Crippen molar-refractivity contribution in [3.05, 3.63) is 23.3 Å². The molecule has 0 aromatic rings. The first kappa shape index (κ1) is 20.9. The van der Waals surface area contributed by atoms with Gasteiger partial charge < -0.3 is 24.1 Å². The van der Waals surface area contributed by atoms with E-state index in [2.05, 4.69) is 13.5 Å². The number of ether oxygens (including phenoxy) is 4. The zero-order valence-corrected chi connectivity index (χ0v) is 19.4. The lowest BCUT2D eigenvalue weighted by Crippen LogP contribution is -2.56. The van der Waals surface area contributed by atoms with Crippen molar-refractivity contribution in [2.24, 2.45) is 23.7 Å². The van der Waals surface area contributed by atoms with Gasteiger partial charge in [-0.25, -0.2) is 4.79 Å². The van der Waals surface area contributed by atoms with E-state index in [-0.39, 0.29) is 42.2 Å². The number of fused-ring (bicyclic) bond motifs is 5. The van der Waals surface area contributed by atoms with Crippen molar-refractivity contribution in [1.82, 2.24) is 0 Å². The summed E-state index contributed by atoms with van der Waals surface area (Å²) in [6.07, 6.45) is 1.60. The second kappa shape index (κ2) is 5.86. The normalized spacial score (nSPS) is 53.2. The first-order valence-corrected chi connectivity index (χ1v) is 11.9. The van der Waals surface area contributed by atoms with Crippen LogP contribution in [0.2, 0.25) is 0 Å². The fourth-order valence-corrected chi connectivity index (χ4v) is 7.69. The van der Waals surface area contributed by atoms with Crippen molar-refractivity contribution in [2.75, 3.05) is 0 Å². The molecule has 0 spiro atoms. The Morgan fingerprint density at radius 2 is 2.09 bits per heavy atom. The van der Waals surface area contributed by atoms with Crippen LogP contribution in [-0.2, 0) is 28.5 Å². The summed E-state index contributed by atoms with van der Waals surface area (Å²) < 4.78 is 24.7. The Morgan fingerprint density at radius 3 is 2.78 bits per heavy atom. The Kier molecular flexibility index (Phi) is 3.82. The molecule has 2 saturated heterocycles. The molecule has 6 rings (SSSR count). The van der Waals surface area contributed by atoms with Crippen LogP contribution >= 0.6 is 0 Å². The van der Waals surface area contributed by atoms with Gasteiger partial charge in [-0.05, 0) is 39.0 Å². The van der Waals surface area contributed by atoms with Crippen molar-refractivity contribution in [3.63, 3.8) is 0 Å². The van der Waals surface area contributed by atoms with E-state index in [0.29, 0.717) is 24.0 Å². The van der Waals surface area contributed by atoms with Crippen molar-refractivity contribution in [2.45, 2.75) is 95.1 Å². The Bertz CT molecular complexity index is 1000. The van der Waals surface area contributed by atoms with Gasteiger partial charge >= 0.3 is 11.9 Å². The number of aliphatic hydroxyl groups is 1. The highest BCUT2D eigenvalue weighted by molar-refractivity contribution is 5.92. The highest BCUT2D eigenvalue weighted by atomic mass is 16.7. The predicted octanol–water partition coefficient (Wildman–Crippen LogP) is 2.81. The number of hydrogen-bond donors (Lipinski definition) is 1. The molecule has 7 heteroatoms. The minimum absolute atomic E-state index is 0.107. The minimum atomic E-state index is -1.65. The molecule has 1 N–H and O–H groups in total. The third-order valence-electron chi connectivity index (χ3n) is 9.39. The second-order valence-corrected chi connectivity index (χ2v) is 11.1. The zero-order chi connectivity index (χ0) is 23.0. The molecule has 0 bridgehead atoms. The van der Waals surface area contributed by atoms with E-state index in [1.54, 1.807) is 6.92 Å². The van der Waals surface area contributed by atoms with Gasteiger partial charge in [-0.3, -0.25) is 4.79 Å². The number of hydrogen-bond acceptors (Lipinski definition) is 7. The van der Waals surface area contributed by atoms with Gasteiger partial charge in [0.15, 0.2) is 0 Å². The topological polar surface area (TPSA) is 97.9 Å². The maximum atomic E-state index is 12.9. The monoisotopic (exact) mass is 444 g/mol. The SMILES string of the molecule is C=C1CCC2(O)OC(=O)C(C)=C2C2C1C13OC1(CC(C)C3OC(=O)C(C)CC)C1OC21C. The zero-order valence-electron chi connectivity index (χ0n) is 19.4. The van der Waals surface area contributed by atoms with Gasteiger partial charge in [-0.1, -0.05) is 32.9 Å². The molecule has 5 fully saturated rings. The Labute approximate surface area is 188 Å². The quantitative estimate of drug-likeness (QED) is 0.406. The van der Waals surface area contributed by atoms with Crippen LogP contribution in [0.5, 0.6) is 0 Å². The molecular formula is C25H32O7. The van der Waals surface area contributed by atoms with Gasteiger partial charge in [0.25, 0.3) is 0 Å². The number of rotatable bonds is 3. The number of esters is 2. The number of epoxide rings is 2. The molecule has 0 radical (unpaired) electrons. The third-order valence-corrected chi connectivity index (χ3v) is 9.39. The molecule has 7 nitrogen and oxygen atoms in total. The lowest BCUT2D eigenvalue weighted by molar-refractivity contribution is -0.185. The highest BCUT2D eigenvalue weighted by Crippen LogP contribution is 2.81. The molecule has 10 atom stereocenters. The van der Waals surface area contributed by atoms with Crippen molar-refractivity contribution < 1.29 is 33.6 Å². The van der Waals surface area contributed by atoms with Crippen molar-refractivity contribution >= 4 is 11.9 Å². The molecule has 10 unspecified atom stereocenters. The maximum absolute atomic E-state index is 12.9. The van der Waals surface area contributed by atoms with Crippen LogP contribution in [0.4, 0.5) is 0 Å². The summed E-state index contributed by atoms with van der Waals surface area (Å²) in [6.45, 7) is 14.1. The Hall–Kier alpha value is -1.70. The molecular weight excluding hydrogens is 412 g/mol. The molecule has 6 aliphatic rings. The fourth-order valence-electron chi connectivity index (χ4n) is 7.69. The predicted molar refractivity (Wildman–Crippen MR) is 112 cm³/mol. The van der Waals surface area contributed by atoms with E-state index in [0.717, 1.165) is 12.0 Å². The summed E-state index contributed by atoms with van der Waals surface area (Å²) in [5.74, 6) is -3.00. The molecule has 32 heavy (non-hydrogen) atoms. The number of carbonyl (C=O) groups excluding carboxylic acids is 2. The van der Waals surface area contributed by atoms with Crippen LogP contribution in [0, 0.1) is 23.7 Å². The largest absolute Gasteiger partial charge is 0.459 e. The van der Waals surface area contributed by atoms with E-state index in [1.165, 1.54) is 0 Å². The summed E-state index contributed by atoms with van der Waals surface area (Å²) >= 11 is 0. The van der Waals surface area contributed by atoms with Gasteiger partial charge in [-0.2, -0.15) is 0 Å². The average molecular weight is 445 g/mol. The number of carbonyl (C=O) groups is 2. The van der Waals surface area contributed by atoms with Crippen molar-refractivity contribution in [1.29, 1.82) is 0 Å². The van der Waals surface area contributed by atoms with Crippen molar-refractivity contribution in [3.8, 4) is 0 Å². The summed E-state index contributed by atoms with van der Waals surface area (Å²) in [7, 11) is 0. The summed E-state index contributed by atoms with van der Waals surface area (Å²) in [5, 5.41) is 11.4. The molecule has 3 heterocycles. The minimum Gasteiger partial charge on any atom is -0.459 e. The smallest absolute Gasteiger partial charge is 0.336 e. The van der Waals surface area contributed by atoms with Gasteiger partial charge in [0, 0.05) is 29.4 Å². The van der Waals surface area contributed by atoms with Gasteiger partial charge in [-0.15, -0.1) is 0 Å². The van der Waals surface area contributed by atoms with Crippen LogP contribution in [0.1, 0.15) is 60.3 Å². The van der Waals surface area contributed by atoms with Gasteiger partial charge in [0.1, 0.15) is 29.0 Å².